The summed E-state index contributed by atoms with van der Waals surface area (Å²) in [6, 6.07) is 6.58. The average molecular weight is 299 g/mol. The molecular formula is C13H21N3O3S. The average Bonchev–Trinajstić information content (AvgIpc) is 2.42. The third-order valence-electron chi connectivity index (χ3n) is 2.68. The molecule has 0 heterocycles. The van der Waals surface area contributed by atoms with E-state index in [1.54, 1.807) is 24.3 Å². The minimum atomic E-state index is -3.51. The Labute approximate surface area is 119 Å². The van der Waals surface area contributed by atoms with Crippen LogP contribution in [0.4, 0.5) is 0 Å². The highest BCUT2D eigenvalue weighted by molar-refractivity contribution is 7.89. The lowest BCUT2D eigenvalue weighted by Gasteiger charge is -2.08. The first kappa shape index (κ1) is 16.6. The van der Waals surface area contributed by atoms with E-state index >= 15 is 0 Å². The van der Waals surface area contributed by atoms with Crippen molar-refractivity contribution in [2.24, 2.45) is 5.73 Å². The number of carbonyl (C=O) groups excluding carboxylic acids is 1. The van der Waals surface area contributed by atoms with Gasteiger partial charge in [-0.1, -0.05) is 17.7 Å². The van der Waals surface area contributed by atoms with E-state index in [0.717, 1.165) is 5.56 Å². The van der Waals surface area contributed by atoms with Crippen LogP contribution >= 0.6 is 0 Å². The van der Waals surface area contributed by atoms with Gasteiger partial charge in [-0.3, -0.25) is 4.79 Å². The zero-order valence-electron chi connectivity index (χ0n) is 11.6. The van der Waals surface area contributed by atoms with Gasteiger partial charge in [0, 0.05) is 19.5 Å². The monoisotopic (exact) mass is 299 g/mol. The van der Waals surface area contributed by atoms with E-state index in [4.69, 9.17) is 5.73 Å². The van der Waals surface area contributed by atoms with Crippen LogP contribution in [0.25, 0.3) is 0 Å². The Bertz CT molecular complexity index is 526. The fourth-order valence-electron chi connectivity index (χ4n) is 1.54. The maximum atomic E-state index is 11.9. The standard InChI is InChI=1S/C13H21N3O3S/c1-11-4-6-12(7-5-11)20(18,19)16-10-9-15-13(17)3-2-8-14/h4-7,16H,2-3,8-10,14H2,1H3,(H,15,17). The van der Waals surface area contributed by atoms with Crippen molar-refractivity contribution in [3.8, 4) is 0 Å². The van der Waals surface area contributed by atoms with E-state index in [0.29, 0.717) is 19.4 Å². The molecule has 1 aromatic rings. The predicted molar refractivity (Wildman–Crippen MR) is 77.7 cm³/mol. The van der Waals surface area contributed by atoms with Gasteiger partial charge in [-0.15, -0.1) is 0 Å². The summed E-state index contributed by atoms with van der Waals surface area (Å²) in [5.41, 5.74) is 6.29. The van der Waals surface area contributed by atoms with Crippen molar-refractivity contribution in [1.82, 2.24) is 10.0 Å². The second-order valence-corrected chi connectivity index (χ2v) is 6.22. The molecule has 1 aromatic carbocycles. The number of carbonyl (C=O) groups is 1. The summed E-state index contributed by atoms with van der Waals surface area (Å²) in [7, 11) is -3.51. The van der Waals surface area contributed by atoms with Crippen molar-refractivity contribution < 1.29 is 13.2 Å². The molecule has 0 aliphatic rings. The molecule has 6 nitrogen and oxygen atoms in total. The summed E-state index contributed by atoms with van der Waals surface area (Å²) in [6.45, 7) is 2.77. The number of rotatable bonds is 8. The summed E-state index contributed by atoms with van der Waals surface area (Å²) in [5.74, 6) is -0.120. The minimum Gasteiger partial charge on any atom is -0.355 e. The summed E-state index contributed by atoms with van der Waals surface area (Å²) >= 11 is 0. The molecular weight excluding hydrogens is 278 g/mol. The topological polar surface area (TPSA) is 101 Å². The smallest absolute Gasteiger partial charge is 0.240 e. The summed E-state index contributed by atoms with van der Waals surface area (Å²) in [6.07, 6.45) is 0.988. The minimum absolute atomic E-state index is 0.120. The number of nitrogens with one attached hydrogen (secondary N) is 2. The quantitative estimate of drug-likeness (QED) is 0.594. The van der Waals surface area contributed by atoms with Gasteiger partial charge in [0.15, 0.2) is 0 Å². The molecule has 7 heteroatoms. The van der Waals surface area contributed by atoms with Gasteiger partial charge < -0.3 is 11.1 Å². The Balaban J connectivity index is 2.37. The molecule has 0 atom stereocenters. The zero-order valence-corrected chi connectivity index (χ0v) is 12.4. The molecule has 0 saturated heterocycles. The van der Waals surface area contributed by atoms with Crippen LogP contribution in [0.5, 0.6) is 0 Å². The lowest BCUT2D eigenvalue weighted by molar-refractivity contribution is -0.121. The molecule has 0 aliphatic heterocycles. The maximum Gasteiger partial charge on any atom is 0.240 e. The molecule has 4 N–H and O–H groups in total. The van der Waals surface area contributed by atoms with Gasteiger partial charge in [-0.25, -0.2) is 13.1 Å². The van der Waals surface area contributed by atoms with Crippen molar-refractivity contribution in [3.05, 3.63) is 29.8 Å². The normalized spacial score (nSPS) is 11.3. The highest BCUT2D eigenvalue weighted by Crippen LogP contribution is 2.09. The molecule has 0 unspecified atom stereocenters. The Hall–Kier alpha value is -1.44. The number of hydrogen-bond donors (Lipinski definition) is 3. The molecule has 0 spiro atoms. The van der Waals surface area contributed by atoms with Gasteiger partial charge >= 0.3 is 0 Å². The van der Waals surface area contributed by atoms with Crippen LogP contribution in [0.3, 0.4) is 0 Å². The first-order valence-corrected chi connectivity index (χ1v) is 7.97. The van der Waals surface area contributed by atoms with Gasteiger partial charge in [0.25, 0.3) is 0 Å². The Kier molecular flexibility index (Phi) is 6.63. The fraction of sp³-hybridized carbons (Fsp3) is 0.462. The number of hydrogen-bond acceptors (Lipinski definition) is 4. The molecule has 0 radical (unpaired) electrons. The van der Waals surface area contributed by atoms with Crippen LogP contribution in [-0.2, 0) is 14.8 Å². The Morgan fingerprint density at radius 1 is 1.20 bits per heavy atom. The first-order chi connectivity index (χ1) is 9.45. The van der Waals surface area contributed by atoms with Crippen LogP contribution < -0.4 is 15.8 Å². The van der Waals surface area contributed by atoms with Crippen molar-refractivity contribution in [2.75, 3.05) is 19.6 Å². The maximum absolute atomic E-state index is 11.9. The summed E-state index contributed by atoms with van der Waals surface area (Å²) in [4.78, 5) is 11.5. The first-order valence-electron chi connectivity index (χ1n) is 6.49. The highest BCUT2D eigenvalue weighted by atomic mass is 32.2. The number of benzene rings is 1. The summed E-state index contributed by atoms with van der Waals surface area (Å²) in [5, 5.41) is 2.63. The van der Waals surface area contributed by atoms with E-state index in [1.807, 2.05) is 6.92 Å². The number of nitrogens with two attached hydrogens (primary N) is 1. The molecule has 0 aliphatic carbocycles. The molecule has 0 saturated carbocycles. The second kappa shape index (κ2) is 7.98. The molecule has 20 heavy (non-hydrogen) atoms. The largest absolute Gasteiger partial charge is 0.355 e. The molecule has 0 bridgehead atoms. The lowest BCUT2D eigenvalue weighted by atomic mass is 10.2. The molecule has 0 aromatic heterocycles. The number of amides is 1. The molecule has 0 fully saturated rings. The van der Waals surface area contributed by atoms with Gasteiger partial charge in [-0.05, 0) is 32.0 Å². The second-order valence-electron chi connectivity index (χ2n) is 4.45. The zero-order chi connectivity index (χ0) is 15.0. The van der Waals surface area contributed by atoms with E-state index in [-0.39, 0.29) is 23.9 Å². The van der Waals surface area contributed by atoms with E-state index in [9.17, 15) is 13.2 Å². The van der Waals surface area contributed by atoms with Crippen molar-refractivity contribution >= 4 is 15.9 Å². The van der Waals surface area contributed by atoms with Crippen LogP contribution in [-0.4, -0.2) is 34.0 Å². The van der Waals surface area contributed by atoms with E-state index in [1.165, 1.54) is 0 Å². The van der Waals surface area contributed by atoms with E-state index in [2.05, 4.69) is 10.0 Å². The summed E-state index contributed by atoms with van der Waals surface area (Å²) < 4.78 is 26.3. The number of aryl methyl sites for hydroxylation is 1. The molecule has 1 rings (SSSR count). The Morgan fingerprint density at radius 2 is 1.85 bits per heavy atom. The number of sulfonamides is 1. The van der Waals surface area contributed by atoms with Crippen molar-refractivity contribution in [2.45, 2.75) is 24.7 Å². The van der Waals surface area contributed by atoms with Gasteiger partial charge in [0.1, 0.15) is 0 Å². The Morgan fingerprint density at radius 3 is 2.45 bits per heavy atom. The van der Waals surface area contributed by atoms with Crippen LogP contribution in [0.1, 0.15) is 18.4 Å². The van der Waals surface area contributed by atoms with Gasteiger partial charge in [-0.2, -0.15) is 0 Å². The predicted octanol–water partition coefficient (Wildman–Crippen LogP) is 0.128. The van der Waals surface area contributed by atoms with E-state index < -0.39 is 10.0 Å². The lowest BCUT2D eigenvalue weighted by Crippen LogP contribution is -2.34. The van der Waals surface area contributed by atoms with Crippen molar-refractivity contribution in [1.29, 1.82) is 0 Å². The SMILES string of the molecule is Cc1ccc(S(=O)(=O)NCCNC(=O)CCCN)cc1. The van der Waals surface area contributed by atoms with Crippen LogP contribution in [0.15, 0.2) is 29.2 Å². The molecule has 112 valence electrons. The van der Waals surface area contributed by atoms with Gasteiger partial charge in [0.2, 0.25) is 15.9 Å². The highest BCUT2D eigenvalue weighted by Gasteiger charge is 2.12. The third kappa shape index (κ3) is 5.68. The third-order valence-corrected chi connectivity index (χ3v) is 4.16. The van der Waals surface area contributed by atoms with Crippen LogP contribution in [0, 0.1) is 6.92 Å². The fourth-order valence-corrected chi connectivity index (χ4v) is 2.57. The van der Waals surface area contributed by atoms with Crippen molar-refractivity contribution in [3.63, 3.8) is 0 Å². The van der Waals surface area contributed by atoms with Gasteiger partial charge in [0.05, 0.1) is 4.90 Å². The van der Waals surface area contributed by atoms with Crippen LogP contribution in [0.2, 0.25) is 0 Å². The molecule has 1 amide bonds.